The Labute approximate surface area is 122 Å². The molecule has 2 rings (SSSR count). The van der Waals surface area contributed by atoms with Gasteiger partial charge in [0.25, 0.3) is 5.24 Å². The molecule has 1 aromatic rings. The van der Waals surface area contributed by atoms with E-state index in [4.69, 9.17) is 0 Å². The Morgan fingerprint density at radius 1 is 1.50 bits per heavy atom. The van der Waals surface area contributed by atoms with Crippen molar-refractivity contribution >= 4 is 35.2 Å². The van der Waals surface area contributed by atoms with Crippen molar-refractivity contribution in [3.8, 4) is 0 Å². The zero-order chi connectivity index (χ0) is 14.5. The van der Waals surface area contributed by atoms with Gasteiger partial charge in [-0.3, -0.25) is 9.59 Å². The summed E-state index contributed by atoms with van der Waals surface area (Å²) >= 11 is 3.74. The molecule has 0 fully saturated rings. The van der Waals surface area contributed by atoms with Gasteiger partial charge in [-0.05, 0) is 18.1 Å². The number of nitrogens with one attached hydrogen (secondary N) is 2. The van der Waals surface area contributed by atoms with Crippen molar-refractivity contribution in [1.29, 1.82) is 0 Å². The van der Waals surface area contributed by atoms with E-state index in [0.717, 1.165) is 16.8 Å². The summed E-state index contributed by atoms with van der Waals surface area (Å²) in [5.74, 6) is -0.100. The molecule has 0 aliphatic carbocycles. The number of benzene rings is 1. The SMILES string of the molecule is C=CCc1ccc(C2=NNC(=O)CC2)c(NC(=O)S)c1. The van der Waals surface area contributed by atoms with Crippen LogP contribution in [0.5, 0.6) is 0 Å². The van der Waals surface area contributed by atoms with Crippen molar-refractivity contribution in [1.82, 2.24) is 5.43 Å². The van der Waals surface area contributed by atoms with Gasteiger partial charge < -0.3 is 5.32 Å². The summed E-state index contributed by atoms with van der Waals surface area (Å²) in [5, 5.41) is 6.28. The third-order valence-corrected chi connectivity index (χ3v) is 3.03. The molecule has 1 aromatic carbocycles. The number of anilines is 1. The zero-order valence-electron chi connectivity index (χ0n) is 10.8. The van der Waals surface area contributed by atoms with Crippen LogP contribution in [0.4, 0.5) is 10.5 Å². The fourth-order valence-corrected chi connectivity index (χ4v) is 2.14. The van der Waals surface area contributed by atoms with E-state index < -0.39 is 5.24 Å². The number of carbonyl (C=O) groups excluding carboxylic acids is 2. The molecule has 2 N–H and O–H groups in total. The van der Waals surface area contributed by atoms with E-state index in [-0.39, 0.29) is 5.91 Å². The summed E-state index contributed by atoms with van der Waals surface area (Å²) in [6.45, 7) is 3.69. The smallest absolute Gasteiger partial charge is 0.280 e. The highest BCUT2D eigenvalue weighted by atomic mass is 32.1. The Kier molecular flexibility index (Phi) is 4.57. The molecule has 0 saturated heterocycles. The molecule has 104 valence electrons. The van der Waals surface area contributed by atoms with Crippen LogP contribution in [0.25, 0.3) is 0 Å². The van der Waals surface area contributed by atoms with E-state index in [0.29, 0.717) is 24.9 Å². The maximum Gasteiger partial charge on any atom is 0.280 e. The first kappa shape index (κ1) is 14.3. The van der Waals surface area contributed by atoms with E-state index in [9.17, 15) is 9.59 Å². The molecule has 0 saturated carbocycles. The Hall–Kier alpha value is -2.08. The Balaban J connectivity index is 2.37. The number of amides is 2. The van der Waals surface area contributed by atoms with Gasteiger partial charge in [0.2, 0.25) is 5.91 Å². The molecule has 0 atom stereocenters. The number of hydrogen-bond donors (Lipinski definition) is 3. The van der Waals surface area contributed by atoms with Gasteiger partial charge in [0.15, 0.2) is 0 Å². The third-order valence-electron chi connectivity index (χ3n) is 2.92. The van der Waals surface area contributed by atoms with Gasteiger partial charge in [0.05, 0.1) is 11.4 Å². The second-order valence-electron chi connectivity index (χ2n) is 4.40. The van der Waals surface area contributed by atoms with Crippen LogP contribution in [-0.4, -0.2) is 16.9 Å². The highest BCUT2D eigenvalue weighted by Crippen LogP contribution is 2.22. The predicted octanol–water partition coefficient (Wildman–Crippen LogP) is 2.49. The largest absolute Gasteiger partial charge is 0.316 e. The average molecular weight is 289 g/mol. The molecular weight excluding hydrogens is 274 g/mol. The predicted molar refractivity (Wildman–Crippen MR) is 82.3 cm³/mol. The quantitative estimate of drug-likeness (QED) is 0.588. The lowest BCUT2D eigenvalue weighted by atomic mass is 9.99. The molecule has 6 heteroatoms. The van der Waals surface area contributed by atoms with Crippen molar-refractivity contribution in [3.63, 3.8) is 0 Å². The van der Waals surface area contributed by atoms with Crippen molar-refractivity contribution in [2.75, 3.05) is 5.32 Å². The van der Waals surface area contributed by atoms with Crippen LogP contribution in [0, 0.1) is 0 Å². The number of hydrogen-bond acceptors (Lipinski definition) is 3. The molecule has 1 aliphatic rings. The van der Waals surface area contributed by atoms with Gasteiger partial charge in [-0.2, -0.15) is 5.10 Å². The second kappa shape index (κ2) is 6.38. The summed E-state index contributed by atoms with van der Waals surface area (Å²) in [6, 6.07) is 5.70. The van der Waals surface area contributed by atoms with Gasteiger partial charge >= 0.3 is 0 Å². The van der Waals surface area contributed by atoms with Gasteiger partial charge in [-0.1, -0.05) is 30.8 Å². The van der Waals surface area contributed by atoms with Crippen LogP contribution in [0.1, 0.15) is 24.0 Å². The van der Waals surface area contributed by atoms with Crippen molar-refractivity contribution in [2.45, 2.75) is 19.3 Å². The Morgan fingerprint density at radius 2 is 2.30 bits per heavy atom. The summed E-state index contributed by atoms with van der Waals surface area (Å²) in [5.41, 5.74) is 5.65. The molecule has 0 radical (unpaired) electrons. The summed E-state index contributed by atoms with van der Waals surface area (Å²) in [4.78, 5) is 22.3. The maximum atomic E-state index is 11.2. The van der Waals surface area contributed by atoms with Crippen LogP contribution in [0.15, 0.2) is 36.0 Å². The first-order valence-electron chi connectivity index (χ1n) is 6.19. The number of hydrazone groups is 1. The molecule has 2 amide bonds. The Morgan fingerprint density at radius 3 is 2.90 bits per heavy atom. The van der Waals surface area contributed by atoms with E-state index in [1.54, 1.807) is 6.08 Å². The van der Waals surface area contributed by atoms with E-state index in [1.165, 1.54) is 0 Å². The van der Waals surface area contributed by atoms with Gasteiger partial charge in [-0.25, -0.2) is 5.43 Å². The molecular formula is C14H15N3O2S. The van der Waals surface area contributed by atoms with Crippen LogP contribution < -0.4 is 10.7 Å². The fraction of sp³-hybridized carbons (Fsp3) is 0.214. The lowest BCUT2D eigenvalue weighted by molar-refractivity contribution is -0.121. The highest BCUT2D eigenvalue weighted by Gasteiger charge is 2.17. The molecule has 0 unspecified atom stereocenters. The fourth-order valence-electron chi connectivity index (χ4n) is 2.02. The van der Waals surface area contributed by atoms with Gasteiger partial charge in [0.1, 0.15) is 0 Å². The minimum Gasteiger partial charge on any atom is -0.316 e. The lowest BCUT2D eigenvalue weighted by Gasteiger charge is -2.16. The lowest BCUT2D eigenvalue weighted by Crippen LogP contribution is -2.26. The highest BCUT2D eigenvalue weighted by molar-refractivity contribution is 7.96. The molecule has 0 bridgehead atoms. The molecule has 0 aromatic heterocycles. The summed E-state index contributed by atoms with van der Waals surface area (Å²) < 4.78 is 0. The van der Waals surface area contributed by atoms with E-state index in [1.807, 2.05) is 18.2 Å². The number of allylic oxidation sites excluding steroid dienone is 1. The molecule has 1 heterocycles. The minimum atomic E-state index is -0.442. The number of thiol groups is 1. The number of carbonyl (C=O) groups is 2. The third kappa shape index (κ3) is 3.48. The van der Waals surface area contributed by atoms with Crippen LogP contribution >= 0.6 is 12.6 Å². The number of nitrogens with zero attached hydrogens (tertiary/aromatic N) is 1. The Bertz CT molecular complexity index is 596. The van der Waals surface area contributed by atoms with E-state index >= 15 is 0 Å². The van der Waals surface area contributed by atoms with Crippen LogP contribution in [0.3, 0.4) is 0 Å². The normalized spacial score (nSPS) is 14.2. The van der Waals surface area contributed by atoms with Crippen LogP contribution in [0.2, 0.25) is 0 Å². The number of rotatable bonds is 4. The molecule has 0 spiro atoms. The summed E-state index contributed by atoms with van der Waals surface area (Å²) in [7, 11) is 0. The van der Waals surface area contributed by atoms with E-state index in [2.05, 4.69) is 35.1 Å². The standard InChI is InChI=1S/C14H15N3O2S/c1-2-3-9-4-5-10(12(8-9)15-14(19)20)11-6-7-13(18)17-16-11/h2,4-5,8H,1,3,6-7H2,(H,17,18)(H2,15,19,20). The zero-order valence-corrected chi connectivity index (χ0v) is 11.7. The first-order valence-corrected chi connectivity index (χ1v) is 6.64. The second-order valence-corrected chi connectivity index (χ2v) is 4.80. The maximum absolute atomic E-state index is 11.2. The minimum absolute atomic E-state index is 0.100. The van der Waals surface area contributed by atoms with Gasteiger partial charge in [0, 0.05) is 18.4 Å². The molecule has 20 heavy (non-hydrogen) atoms. The molecule has 1 aliphatic heterocycles. The van der Waals surface area contributed by atoms with Crippen molar-refractivity contribution in [3.05, 3.63) is 42.0 Å². The first-order chi connectivity index (χ1) is 9.60. The average Bonchev–Trinajstić information content (AvgIpc) is 2.40. The summed E-state index contributed by atoms with van der Waals surface area (Å²) in [6.07, 6.45) is 3.43. The van der Waals surface area contributed by atoms with Crippen LogP contribution in [-0.2, 0) is 11.2 Å². The van der Waals surface area contributed by atoms with Gasteiger partial charge in [-0.15, -0.1) is 6.58 Å². The van der Waals surface area contributed by atoms with Crippen molar-refractivity contribution in [2.24, 2.45) is 5.10 Å². The molecule has 5 nitrogen and oxygen atoms in total. The monoisotopic (exact) mass is 289 g/mol. The topological polar surface area (TPSA) is 70.6 Å². The van der Waals surface area contributed by atoms with Crippen molar-refractivity contribution < 1.29 is 9.59 Å².